The molecule has 1 aromatic heterocycles. The second kappa shape index (κ2) is 5.71. The molecule has 2 aromatic rings. The van der Waals surface area contributed by atoms with E-state index in [-0.39, 0.29) is 6.03 Å². The van der Waals surface area contributed by atoms with E-state index in [4.69, 9.17) is 5.73 Å². The third kappa shape index (κ3) is 3.45. The Hall–Kier alpha value is -2.08. The number of aromatic nitrogens is 1. The summed E-state index contributed by atoms with van der Waals surface area (Å²) in [5.74, 6) is 0. The quantitative estimate of drug-likeness (QED) is 0.753. The Labute approximate surface area is 115 Å². The summed E-state index contributed by atoms with van der Waals surface area (Å²) in [6.45, 7) is 4.04. The van der Waals surface area contributed by atoms with Gasteiger partial charge in [-0.25, -0.2) is 9.78 Å². The third-order valence-electron chi connectivity index (χ3n) is 2.62. The molecule has 19 heavy (non-hydrogen) atoms. The predicted octanol–water partition coefficient (Wildman–Crippen LogP) is 3.24. The van der Waals surface area contributed by atoms with Gasteiger partial charge in [0.1, 0.15) is 0 Å². The van der Waals surface area contributed by atoms with E-state index in [0.29, 0.717) is 16.5 Å². The number of thiazole rings is 1. The number of carbonyl (C=O) groups is 1. The van der Waals surface area contributed by atoms with E-state index >= 15 is 0 Å². The summed E-state index contributed by atoms with van der Waals surface area (Å²) in [5, 5.41) is 6.07. The molecule has 0 spiro atoms. The molecule has 0 unspecified atom stereocenters. The van der Waals surface area contributed by atoms with E-state index in [1.165, 1.54) is 11.3 Å². The van der Waals surface area contributed by atoms with Crippen molar-refractivity contribution in [3.63, 3.8) is 0 Å². The molecule has 0 bridgehead atoms. The lowest BCUT2D eigenvalue weighted by atomic mass is 10.3. The zero-order chi connectivity index (χ0) is 13.8. The van der Waals surface area contributed by atoms with E-state index < -0.39 is 0 Å². The highest BCUT2D eigenvalue weighted by Crippen LogP contribution is 2.22. The number of urea groups is 1. The maximum absolute atomic E-state index is 11.8. The minimum Gasteiger partial charge on any atom is -0.399 e. The van der Waals surface area contributed by atoms with Gasteiger partial charge in [0.15, 0.2) is 5.13 Å². The third-order valence-corrected chi connectivity index (χ3v) is 3.55. The average Bonchev–Trinajstić information content (AvgIpc) is 2.72. The number of aryl methyl sites for hydroxylation is 2. The molecule has 0 radical (unpaired) electrons. The molecule has 1 heterocycles. The van der Waals surface area contributed by atoms with Crippen LogP contribution in [0.3, 0.4) is 0 Å². The number of nitrogens with zero attached hydrogens (tertiary/aromatic N) is 1. The SMILES string of the molecule is CCc1nc(NC(=O)Nc2ccc(N)cc2)sc1C. The molecular weight excluding hydrogens is 260 g/mol. The first kappa shape index (κ1) is 13.4. The number of anilines is 3. The van der Waals surface area contributed by atoms with Crippen LogP contribution in [0, 0.1) is 6.92 Å². The summed E-state index contributed by atoms with van der Waals surface area (Å²) in [4.78, 5) is 17.3. The zero-order valence-electron chi connectivity index (χ0n) is 10.9. The van der Waals surface area contributed by atoms with Gasteiger partial charge in [-0.1, -0.05) is 6.92 Å². The predicted molar refractivity (Wildman–Crippen MR) is 79.7 cm³/mol. The lowest BCUT2D eigenvalue weighted by Crippen LogP contribution is -2.19. The fraction of sp³-hybridized carbons (Fsp3) is 0.231. The zero-order valence-corrected chi connectivity index (χ0v) is 11.7. The Morgan fingerprint density at radius 1 is 1.32 bits per heavy atom. The number of benzene rings is 1. The Morgan fingerprint density at radius 2 is 2.00 bits per heavy atom. The monoisotopic (exact) mass is 276 g/mol. The first-order valence-electron chi connectivity index (χ1n) is 5.98. The molecule has 0 saturated heterocycles. The van der Waals surface area contributed by atoms with Crippen LogP contribution in [0.4, 0.5) is 21.3 Å². The lowest BCUT2D eigenvalue weighted by molar-refractivity contribution is 0.262. The number of nitrogens with one attached hydrogen (secondary N) is 2. The van der Waals surface area contributed by atoms with Gasteiger partial charge >= 0.3 is 6.03 Å². The van der Waals surface area contributed by atoms with Crippen LogP contribution in [0.25, 0.3) is 0 Å². The van der Waals surface area contributed by atoms with E-state index in [2.05, 4.69) is 15.6 Å². The normalized spacial score (nSPS) is 10.2. The average molecular weight is 276 g/mol. The van der Waals surface area contributed by atoms with E-state index in [0.717, 1.165) is 17.0 Å². The molecule has 4 N–H and O–H groups in total. The van der Waals surface area contributed by atoms with Gasteiger partial charge in [0, 0.05) is 16.3 Å². The van der Waals surface area contributed by atoms with E-state index in [9.17, 15) is 4.79 Å². The molecule has 2 rings (SSSR count). The number of carbonyl (C=O) groups excluding carboxylic acids is 1. The highest BCUT2D eigenvalue weighted by Gasteiger charge is 2.09. The molecule has 0 aliphatic carbocycles. The topological polar surface area (TPSA) is 80.0 Å². The molecular formula is C13H16N4OS. The van der Waals surface area contributed by atoms with Crippen LogP contribution in [-0.4, -0.2) is 11.0 Å². The van der Waals surface area contributed by atoms with Gasteiger partial charge < -0.3 is 11.1 Å². The first-order valence-corrected chi connectivity index (χ1v) is 6.80. The highest BCUT2D eigenvalue weighted by molar-refractivity contribution is 7.15. The van der Waals surface area contributed by atoms with Crippen LogP contribution in [0.5, 0.6) is 0 Å². The summed E-state index contributed by atoms with van der Waals surface area (Å²) in [6.07, 6.45) is 0.865. The first-order chi connectivity index (χ1) is 9.08. The van der Waals surface area contributed by atoms with Gasteiger partial charge in [0.2, 0.25) is 0 Å². The van der Waals surface area contributed by atoms with Crippen molar-refractivity contribution in [2.45, 2.75) is 20.3 Å². The molecule has 1 aromatic carbocycles. The summed E-state index contributed by atoms with van der Waals surface area (Å²) in [7, 11) is 0. The van der Waals surface area contributed by atoms with Gasteiger partial charge in [-0.3, -0.25) is 5.32 Å². The second-order valence-electron chi connectivity index (χ2n) is 4.08. The fourth-order valence-electron chi connectivity index (χ4n) is 1.64. The highest BCUT2D eigenvalue weighted by atomic mass is 32.1. The van der Waals surface area contributed by atoms with E-state index in [1.54, 1.807) is 24.3 Å². The van der Waals surface area contributed by atoms with Crippen LogP contribution in [0.1, 0.15) is 17.5 Å². The Bertz CT molecular complexity index is 577. The Balaban J connectivity index is 1.99. The molecule has 5 nitrogen and oxygen atoms in total. The van der Waals surface area contributed by atoms with Gasteiger partial charge in [-0.15, -0.1) is 11.3 Å². The van der Waals surface area contributed by atoms with Crippen LogP contribution in [0.2, 0.25) is 0 Å². The molecule has 0 aliphatic heterocycles. The van der Waals surface area contributed by atoms with Crippen molar-refractivity contribution in [3.05, 3.63) is 34.8 Å². The minimum atomic E-state index is -0.304. The van der Waals surface area contributed by atoms with Crippen LogP contribution in [0.15, 0.2) is 24.3 Å². The molecule has 0 aliphatic rings. The summed E-state index contributed by atoms with van der Waals surface area (Å²) >= 11 is 1.48. The smallest absolute Gasteiger partial charge is 0.325 e. The van der Waals surface area contributed by atoms with Crippen molar-refractivity contribution in [2.24, 2.45) is 0 Å². The molecule has 2 amide bonds. The van der Waals surface area contributed by atoms with Crippen LogP contribution >= 0.6 is 11.3 Å². The van der Waals surface area contributed by atoms with Crippen molar-refractivity contribution < 1.29 is 4.79 Å². The number of hydrogen-bond acceptors (Lipinski definition) is 4. The summed E-state index contributed by atoms with van der Waals surface area (Å²) in [5.41, 5.74) is 7.95. The number of hydrogen-bond donors (Lipinski definition) is 3. The van der Waals surface area contributed by atoms with Gasteiger partial charge in [-0.2, -0.15) is 0 Å². The maximum Gasteiger partial charge on any atom is 0.325 e. The second-order valence-corrected chi connectivity index (χ2v) is 5.28. The van der Waals surface area contributed by atoms with Gasteiger partial charge in [0.05, 0.1) is 5.69 Å². The number of nitrogen functional groups attached to an aromatic ring is 1. The molecule has 100 valence electrons. The van der Waals surface area contributed by atoms with Crippen molar-refractivity contribution in [2.75, 3.05) is 16.4 Å². The van der Waals surface area contributed by atoms with Crippen molar-refractivity contribution in [3.8, 4) is 0 Å². The number of nitrogens with two attached hydrogens (primary N) is 1. The fourth-order valence-corrected chi connectivity index (χ4v) is 2.53. The number of amides is 2. The summed E-state index contributed by atoms with van der Waals surface area (Å²) < 4.78 is 0. The van der Waals surface area contributed by atoms with Crippen molar-refractivity contribution >= 4 is 33.9 Å². The number of rotatable bonds is 3. The van der Waals surface area contributed by atoms with Gasteiger partial charge in [-0.05, 0) is 37.6 Å². The van der Waals surface area contributed by atoms with Crippen molar-refractivity contribution in [1.29, 1.82) is 0 Å². The molecule has 6 heteroatoms. The standard InChI is InChI=1S/C13H16N4OS/c1-3-11-8(2)19-13(16-11)17-12(18)15-10-6-4-9(14)5-7-10/h4-7H,3,14H2,1-2H3,(H2,15,16,17,18). The van der Waals surface area contributed by atoms with Crippen molar-refractivity contribution in [1.82, 2.24) is 4.98 Å². The van der Waals surface area contributed by atoms with E-state index in [1.807, 2.05) is 13.8 Å². The maximum atomic E-state index is 11.8. The summed E-state index contributed by atoms with van der Waals surface area (Å²) in [6, 6.07) is 6.66. The van der Waals surface area contributed by atoms with Crippen LogP contribution in [-0.2, 0) is 6.42 Å². The van der Waals surface area contributed by atoms with Gasteiger partial charge in [0.25, 0.3) is 0 Å². The minimum absolute atomic E-state index is 0.304. The van der Waals surface area contributed by atoms with Crippen LogP contribution < -0.4 is 16.4 Å². The lowest BCUT2D eigenvalue weighted by Gasteiger charge is -2.05. The largest absolute Gasteiger partial charge is 0.399 e. The Kier molecular flexibility index (Phi) is 4.01. The molecule has 0 atom stereocenters. The Morgan fingerprint density at radius 3 is 2.58 bits per heavy atom. The molecule has 0 fully saturated rings. The molecule has 0 saturated carbocycles.